The Morgan fingerprint density at radius 1 is 0.452 bits per heavy atom. The van der Waals surface area contributed by atoms with Crippen LogP contribution in [-0.2, 0) is 9.13 Å². The largest absolute Gasteiger partial charge is 0.309 e. The van der Waals surface area contributed by atoms with Gasteiger partial charge in [-0.3, -0.25) is 0 Å². The summed E-state index contributed by atoms with van der Waals surface area (Å²) >= 11 is 3.31. The van der Waals surface area contributed by atoms with Crippen molar-refractivity contribution in [3.05, 3.63) is 149 Å². The molecule has 4 heterocycles. The first-order valence-corrected chi connectivity index (χ1v) is 18.9. The second-order valence-corrected chi connectivity index (χ2v) is 18.1. The normalized spacial score (nSPS) is 20.7. The summed E-state index contributed by atoms with van der Waals surface area (Å²) in [7, 11) is -6.77. The highest BCUT2D eigenvalue weighted by Crippen LogP contribution is 2.70. The minimum Gasteiger partial charge on any atom is -0.309 e. The Hall–Kier alpha value is -3.78. The Kier molecular flexibility index (Phi) is 5.23. The Bertz CT molecular complexity index is 2360. The average Bonchev–Trinajstić information content (AvgIpc) is 3.68. The van der Waals surface area contributed by atoms with Crippen molar-refractivity contribution in [3.63, 3.8) is 0 Å². The highest BCUT2D eigenvalue weighted by atomic mass is 32.1. The highest BCUT2D eigenvalue weighted by Gasteiger charge is 2.51. The number of hydrogen-bond acceptors (Lipinski definition) is 4. The summed E-state index contributed by atoms with van der Waals surface area (Å²) in [6.45, 7) is 0. The number of hydrogen-bond donors (Lipinski definition) is 0. The summed E-state index contributed by atoms with van der Waals surface area (Å²) in [4.78, 5) is 1.88. The molecule has 0 aliphatic carbocycles. The van der Waals surface area contributed by atoms with Gasteiger partial charge in [-0.2, -0.15) is 0 Å². The maximum atomic E-state index is 16.4. The van der Waals surface area contributed by atoms with Gasteiger partial charge in [0.05, 0.1) is 4.88 Å². The van der Waals surface area contributed by atoms with Crippen LogP contribution in [-0.4, -0.2) is 0 Å². The molecule has 5 aromatic carbocycles. The van der Waals surface area contributed by atoms with Gasteiger partial charge in [0.25, 0.3) is 0 Å². The lowest BCUT2D eigenvalue weighted by Crippen LogP contribution is -2.27. The lowest BCUT2D eigenvalue weighted by atomic mass is 10.0. The van der Waals surface area contributed by atoms with E-state index in [2.05, 4.69) is 30.3 Å². The second kappa shape index (κ2) is 8.86. The fraction of sp³-hybridized carbons (Fsp3) is 0. The third-order valence-corrected chi connectivity index (χ3v) is 17.7. The second-order valence-electron chi connectivity index (χ2n) is 10.7. The zero-order chi connectivity index (χ0) is 28.1. The molecule has 2 aliphatic heterocycles. The molecule has 0 radical (unpaired) electrons. The molecule has 0 spiro atoms. The van der Waals surface area contributed by atoms with Crippen LogP contribution in [0.25, 0.3) is 31.1 Å². The molecule has 2 nitrogen and oxygen atoms in total. The quantitative estimate of drug-likeness (QED) is 0.184. The molecule has 42 heavy (non-hydrogen) atoms. The van der Waals surface area contributed by atoms with Crippen LogP contribution in [0.2, 0.25) is 0 Å². The first kappa shape index (κ1) is 24.8. The summed E-state index contributed by atoms with van der Waals surface area (Å²) in [6.07, 6.45) is 0. The number of benzene rings is 5. The van der Waals surface area contributed by atoms with E-state index < -0.39 is 14.3 Å². The molecule has 2 atom stereocenters. The molecule has 0 fully saturated rings. The average molecular weight is 613 g/mol. The van der Waals surface area contributed by atoms with Gasteiger partial charge >= 0.3 is 0 Å². The van der Waals surface area contributed by atoms with Crippen molar-refractivity contribution in [1.29, 1.82) is 0 Å². The van der Waals surface area contributed by atoms with E-state index in [1.807, 2.05) is 103 Å². The van der Waals surface area contributed by atoms with Crippen LogP contribution in [0.5, 0.6) is 0 Å². The molecular weight excluding hydrogens is 590 g/mol. The molecule has 0 N–H and O–H groups in total. The van der Waals surface area contributed by atoms with E-state index in [1.165, 1.54) is 0 Å². The minimum atomic E-state index is -3.44. The Labute approximate surface area is 251 Å². The van der Waals surface area contributed by atoms with Crippen LogP contribution >= 0.6 is 37.0 Å². The summed E-state index contributed by atoms with van der Waals surface area (Å²) in [5.41, 5.74) is 1.97. The molecule has 0 bridgehead atoms. The predicted octanol–water partition coefficient (Wildman–Crippen LogP) is 8.31. The third kappa shape index (κ3) is 3.06. The zero-order valence-corrected chi connectivity index (χ0v) is 25.7. The van der Waals surface area contributed by atoms with Gasteiger partial charge in [-0.25, -0.2) is 0 Å². The summed E-state index contributed by atoms with van der Waals surface area (Å²) < 4.78 is 34.6. The van der Waals surface area contributed by atoms with Gasteiger partial charge in [0.1, 0.15) is 0 Å². The molecule has 9 rings (SSSR count). The Balaban J connectivity index is 1.58. The maximum Gasteiger partial charge on any atom is 0.175 e. The van der Waals surface area contributed by atoms with Crippen LogP contribution < -0.4 is 26.5 Å². The molecule has 0 amide bonds. The van der Waals surface area contributed by atoms with Gasteiger partial charge in [-0.05, 0) is 17.7 Å². The topological polar surface area (TPSA) is 34.1 Å². The molecule has 0 saturated carbocycles. The summed E-state index contributed by atoms with van der Waals surface area (Å²) in [5, 5.41) is 7.02. The van der Waals surface area contributed by atoms with Crippen LogP contribution in [0.3, 0.4) is 0 Å². The number of thiophene rings is 2. The zero-order valence-electron chi connectivity index (χ0n) is 22.2. The van der Waals surface area contributed by atoms with Gasteiger partial charge in [-0.15, -0.1) is 22.7 Å². The first-order chi connectivity index (χ1) is 20.6. The van der Waals surface area contributed by atoms with E-state index in [9.17, 15) is 0 Å². The van der Waals surface area contributed by atoms with E-state index in [1.54, 1.807) is 22.7 Å². The molecule has 6 heteroatoms. The molecule has 0 saturated heterocycles. The standard InChI is InChI=1S/C36H22O2P2S2/c37-39(23-13-3-1-4-14-23)28-20-10-7-17-25(28)31-34(39)36-33(27-19-9-12-22-30(27)42-36)40(38,24-15-5-2-6-16-24)32-26-18-8-11-21-29(26)41-35(31)32/h1-22H. The van der Waals surface area contributed by atoms with Crippen LogP contribution in [0, 0.1) is 0 Å². The van der Waals surface area contributed by atoms with E-state index in [0.717, 1.165) is 72.9 Å². The van der Waals surface area contributed by atoms with E-state index in [-0.39, 0.29) is 0 Å². The SMILES string of the molecule is O=P1(c2ccccc2)C2=C(c3ccccc31)c1sc3ccccc3c1P(=O)(c1ccccc1)c1c2sc2ccccc12. The summed E-state index contributed by atoms with van der Waals surface area (Å²) in [5.74, 6) is 0. The minimum absolute atomic E-state index is 0.809. The van der Waals surface area contributed by atoms with E-state index >= 15 is 9.13 Å². The number of rotatable bonds is 2. The number of fused-ring (bicyclic) bond motifs is 10. The van der Waals surface area contributed by atoms with E-state index in [0.29, 0.717) is 0 Å². The lowest BCUT2D eigenvalue weighted by molar-refractivity contribution is 0.592. The monoisotopic (exact) mass is 612 g/mol. The van der Waals surface area contributed by atoms with Crippen LogP contribution in [0.15, 0.2) is 133 Å². The first-order valence-electron chi connectivity index (χ1n) is 13.8. The van der Waals surface area contributed by atoms with Gasteiger partial charge in [-0.1, -0.05) is 121 Å². The van der Waals surface area contributed by atoms with Crippen molar-refractivity contribution in [2.24, 2.45) is 0 Å². The smallest absolute Gasteiger partial charge is 0.175 e. The maximum absolute atomic E-state index is 16.4. The lowest BCUT2D eigenvalue weighted by Gasteiger charge is -2.23. The van der Waals surface area contributed by atoms with Gasteiger partial charge in [0.2, 0.25) is 0 Å². The Morgan fingerprint density at radius 2 is 0.929 bits per heavy atom. The predicted molar refractivity (Wildman–Crippen MR) is 182 cm³/mol. The molecular formula is C36H22O2P2S2. The van der Waals surface area contributed by atoms with Crippen molar-refractivity contribution in [1.82, 2.24) is 0 Å². The van der Waals surface area contributed by atoms with Crippen molar-refractivity contribution in [2.75, 3.05) is 0 Å². The highest BCUT2D eigenvalue weighted by molar-refractivity contribution is 7.91. The molecule has 2 aromatic heterocycles. The Morgan fingerprint density at radius 3 is 1.57 bits per heavy atom. The van der Waals surface area contributed by atoms with Gasteiger partial charge in [0.15, 0.2) is 14.3 Å². The van der Waals surface area contributed by atoms with Crippen molar-refractivity contribution in [3.8, 4) is 0 Å². The fourth-order valence-electron chi connectivity index (χ4n) is 6.78. The fourth-order valence-corrected chi connectivity index (χ4v) is 17.2. The molecule has 2 unspecified atom stereocenters. The van der Waals surface area contributed by atoms with E-state index in [4.69, 9.17) is 0 Å². The summed E-state index contributed by atoms with van der Waals surface area (Å²) in [6, 6.07) is 44.6. The molecule has 2 aliphatic rings. The van der Waals surface area contributed by atoms with Crippen LogP contribution in [0.4, 0.5) is 0 Å². The molecule has 7 aromatic rings. The van der Waals surface area contributed by atoms with Crippen molar-refractivity contribution < 1.29 is 9.13 Å². The van der Waals surface area contributed by atoms with Gasteiger partial charge in [0, 0.05) is 62.5 Å². The van der Waals surface area contributed by atoms with Crippen molar-refractivity contribution in [2.45, 2.75) is 0 Å². The molecule has 200 valence electrons. The van der Waals surface area contributed by atoms with Crippen molar-refractivity contribution >= 4 is 94.5 Å². The van der Waals surface area contributed by atoms with Gasteiger partial charge < -0.3 is 9.13 Å². The van der Waals surface area contributed by atoms with Crippen LogP contribution in [0.1, 0.15) is 15.3 Å². The third-order valence-electron chi connectivity index (χ3n) is 8.51.